The topological polar surface area (TPSA) is 40.5 Å². The highest BCUT2D eigenvalue weighted by atomic mass is 32.1. The van der Waals surface area contributed by atoms with Gasteiger partial charge in [0, 0.05) is 11.6 Å². The third-order valence-electron chi connectivity index (χ3n) is 4.28. The van der Waals surface area contributed by atoms with Gasteiger partial charge in [-0.25, -0.2) is 8.78 Å². The van der Waals surface area contributed by atoms with E-state index in [0.29, 0.717) is 18.5 Å². The smallest absolute Gasteiger partial charge is 0.320 e. The predicted octanol–water partition coefficient (Wildman–Crippen LogP) is 4.05. The Hall–Kier alpha value is -1.79. The lowest BCUT2D eigenvalue weighted by Crippen LogP contribution is -2.47. The number of benzene rings is 1. The minimum absolute atomic E-state index is 0.318. The molecule has 0 aliphatic carbocycles. The van der Waals surface area contributed by atoms with Crippen LogP contribution in [0, 0.1) is 11.6 Å². The first-order valence-electron chi connectivity index (χ1n) is 7.53. The SMILES string of the molecule is O=C(O)C1CCCCN1C(c1ccsc1)c1ccc(F)cc1F. The second-order valence-electron chi connectivity index (χ2n) is 5.71. The van der Waals surface area contributed by atoms with Crippen molar-refractivity contribution in [3.05, 3.63) is 57.8 Å². The van der Waals surface area contributed by atoms with Crippen LogP contribution in [0.2, 0.25) is 0 Å². The monoisotopic (exact) mass is 337 g/mol. The fourth-order valence-corrected chi connectivity index (χ4v) is 3.91. The van der Waals surface area contributed by atoms with Crippen molar-refractivity contribution in [2.24, 2.45) is 0 Å². The molecule has 2 unspecified atom stereocenters. The molecule has 0 spiro atoms. The van der Waals surface area contributed by atoms with Crippen molar-refractivity contribution in [2.75, 3.05) is 6.54 Å². The molecule has 3 rings (SSSR count). The van der Waals surface area contributed by atoms with Gasteiger partial charge in [0.2, 0.25) is 0 Å². The van der Waals surface area contributed by atoms with Gasteiger partial charge in [-0.3, -0.25) is 9.69 Å². The summed E-state index contributed by atoms with van der Waals surface area (Å²) >= 11 is 1.47. The van der Waals surface area contributed by atoms with Crippen molar-refractivity contribution >= 4 is 17.3 Å². The Morgan fingerprint density at radius 3 is 2.78 bits per heavy atom. The Bertz CT molecular complexity index is 690. The van der Waals surface area contributed by atoms with Crippen molar-refractivity contribution in [3.8, 4) is 0 Å². The van der Waals surface area contributed by atoms with E-state index in [4.69, 9.17) is 0 Å². The van der Waals surface area contributed by atoms with Crippen LogP contribution in [0.4, 0.5) is 8.78 Å². The van der Waals surface area contributed by atoms with Gasteiger partial charge in [-0.15, -0.1) is 0 Å². The third-order valence-corrected chi connectivity index (χ3v) is 4.98. The van der Waals surface area contributed by atoms with E-state index in [1.807, 2.05) is 21.7 Å². The maximum atomic E-state index is 14.4. The number of hydrogen-bond acceptors (Lipinski definition) is 3. The first-order chi connectivity index (χ1) is 11.1. The zero-order valence-electron chi connectivity index (χ0n) is 12.4. The van der Waals surface area contributed by atoms with Gasteiger partial charge in [-0.2, -0.15) is 11.3 Å². The number of piperidine rings is 1. The van der Waals surface area contributed by atoms with Crippen molar-refractivity contribution in [2.45, 2.75) is 31.3 Å². The van der Waals surface area contributed by atoms with E-state index in [1.54, 1.807) is 0 Å². The molecule has 2 atom stereocenters. The number of halogens is 2. The summed E-state index contributed by atoms with van der Waals surface area (Å²) in [5, 5.41) is 13.3. The van der Waals surface area contributed by atoms with E-state index in [2.05, 4.69) is 0 Å². The third kappa shape index (κ3) is 3.28. The number of carboxylic acid groups (broad SMARTS) is 1. The van der Waals surface area contributed by atoms with Gasteiger partial charge in [0.05, 0.1) is 6.04 Å². The zero-order valence-corrected chi connectivity index (χ0v) is 13.2. The molecule has 6 heteroatoms. The van der Waals surface area contributed by atoms with Crippen LogP contribution in [-0.4, -0.2) is 28.6 Å². The van der Waals surface area contributed by atoms with Crippen LogP contribution in [0.15, 0.2) is 35.0 Å². The summed E-state index contributed by atoms with van der Waals surface area (Å²) < 4.78 is 27.6. The summed E-state index contributed by atoms with van der Waals surface area (Å²) in [6.45, 7) is 0.578. The molecule has 0 radical (unpaired) electrons. The first kappa shape index (κ1) is 16.1. The molecule has 0 bridgehead atoms. The van der Waals surface area contributed by atoms with E-state index in [1.165, 1.54) is 23.5 Å². The maximum absolute atomic E-state index is 14.4. The lowest BCUT2D eigenvalue weighted by atomic mass is 9.92. The largest absolute Gasteiger partial charge is 0.480 e. The second-order valence-corrected chi connectivity index (χ2v) is 6.49. The van der Waals surface area contributed by atoms with Gasteiger partial charge in [-0.1, -0.05) is 12.5 Å². The Kier molecular flexibility index (Phi) is 4.73. The normalized spacial score (nSPS) is 20.3. The lowest BCUT2D eigenvalue weighted by molar-refractivity contribution is -0.145. The minimum Gasteiger partial charge on any atom is -0.480 e. The highest BCUT2D eigenvalue weighted by Gasteiger charge is 2.36. The second kappa shape index (κ2) is 6.76. The Labute approximate surface area is 137 Å². The Balaban J connectivity index is 2.07. The van der Waals surface area contributed by atoms with Crippen LogP contribution < -0.4 is 0 Å². The van der Waals surface area contributed by atoms with E-state index in [-0.39, 0.29) is 0 Å². The summed E-state index contributed by atoms with van der Waals surface area (Å²) in [6, 6.07) is 4.19. The van der Waals surface area contributed by atoms with Gasteiger partial charge < -0.3 is 5.11 Å². The zero-order chi connectivity index (χ0) is 16.4. The number of nitrogens with zero attached hydrogens (tertiary/aromatic N) is 1. The number of thiophene rings is 1. The molecule has 23 heavy (non-hydrogen) atoms. The molecule has 1 N–H and O–H groups in total. The van der Waals surface area contributed by atoms with E-state index in [0.717, 1.165) is 24.5 Å². The first-order valence-corrected chi connectivity index (χ1v) is 8.48. The molecule has 0 amide bonds. The summed E-state index contributed by atoms with van der Waals surface area (Å²) in [7, 11) is 0. The molecule has 122 valence electrons. The summed E-state index contributed by atoms with van der Waals surface area (Å²) in [6.07, 6.45) is 2.25. The van der Waals surface area contributed by atoms with Crippen LogP contribution in [0.25, 0.3) is 0 Å². The van der Waals surface area contributed by atoms with Crippen LogP contribution in [0.1, 0.15) is 36.4 Å². The van der Waals surface area contributed by atoms with Crippen molar-refractivity contribution in [3.63, 3.8) is 0 Å². The van der Waals surface area contributed by atoms with Gasteiger partial charge >= 0.3 is 5.97 Å². The Morgan fingerprint density at radius 2 is 2.13 bits per heavy atom. The number of rotatable bonds is 4. The number of carboxylic acids is 1. The number of carbonyl (C=O) groups is 1. The van der Waals surface area contributed by atoms with E-state index in [9.17, 15) is 18.7 Å². The fraction of sp³-hybridized carbons (Fsp3) is 0.353. The van der Waals surface area contributed by atoms with E-state index < -0.39 is 29.7 Å². The average molecular weight is 337 g/mol. The summed E-state index contributed by atoms with van der Waals surface area (Å²) in [5.41, 5.74) is 1.16. The molecular formula is C17H17F2NO2S. The van der Waals surface area contributed by atoms with Gasteiger partial charge in [-0.05, 0) is 47.8 Å². The molecule has 3 nitrogen and oxygen atoms in total. The van der Waals surface area contributed by atoms with Crippen molar-refractivity contribution < 1.29 is 18.7 Å². The van der Waals surface area contributed by atoms with E-state index >= 15 is 0 Å². The molecule has 0 saturated carbocycles. The predicted molar refractivity (Wildman–Crippen MR) is 84.5 cm³/mol. The number of hydrogen-bond donors (Lipinski definition) is 1. The van der Waals surface area contributed by atoms with Crippen molar-refractivity contribution in [1.82, 2.24) is 4.90 Å². The molecule has 1 fully saturated rings. The quantitative estimate of drug-likeness (QED) is 0.915. The molecule has 2 aromatic rings. The molecule has 1 saturated heterocycles. The van der Waals surface area contributed by atoms with Crippen LogP contribution in [0.5, 0.6) is 0 Å². The average Bonchev–Trinajstić information content (AvgIpc) is 3.04. The highest BCUT2D eigenvalue weighted by Crippen LogP contribution is 2.36. The van der Waals surface area contributed by atoms with Crippen LogP contribution >= 0.6 is 11.3 Å². The number of likely N-dealkylation sites (tertiary alicyclic amines) is 1. The molecule has 1 aliphatic rings. The van der Waals surface area contributed by atoms with Gasteiger partial charge in [0.25, 0.3) is 0 Å². The summed E-state index contributed by atoms with van der Waals surface area (Å²) in [5.74, 6) is -2.17. The lowest BCUT2D eigenvalue weighted by Gasteiger charge is -2.39. The Morgan fingerprint density at radius 1 is 1.30 bits per heavy atom. The van der Waals surface area contributed by atoms with Crippen molar-refractivity contribution in [1.29, 1.82) is 0 Å². The minimum atomic E-state index is -0.896. The molecule has 2 heterocycles. The highest BCUT2D eigenvalue weighted by molar-refractivity contribution is 7.08. The number of aliphatic carboxylic acids is 1. The molecular weight excluding hydrogens is 320 g/mol. The van der Waals surface area contributed by atoms with Crippen LogP contribution in [-0.2, 0) is 4.79 Å². The maximum Gasteiger partial charge on any atom is 0.320 e. The molecule has 1 aromatic heterocycles. The standard InChI is InChI=1S/C17H17F2NO2S/c18-12-4-5-13(14(19)9-12)16(11-6-8-23-10-11)20-7-2-1-3-15(20)17(21)22/h4-6,8-10,15-16H,1-3,7H2,(H,21,22). The van der Waals surface area contributed by atoms with Gasteiger partial charge in [0.15, 0.2) is 0 Å². The molecule has 1 aliphatic heterocycles. The van der Waals surface area contributed by atoms with Gasteiger partial charge in [0.1, 0.15) is 17.7 Å². The molecule has 1 aromatic carbocycles. The fourth-order valence-electron chi connectivity index (χ4n) is 3.23. The summed E-state index contributed by atoms with van der Waals surface area (Å²) in [4.78, 5) is 13.4. The van der Waals surface area contributed by atoms with Crippen LogP contribution in [0.3, 0.4) is 0 Å².